The number of hydrogen-bond donors (Lipinski definition) is 0. The summed E-state index contributed by atoms with van der Waals surface area (Å²) >= 11 is 6.16. The lowest BCUT2D eigenvalue weighted by molar-refractivity contribution is 0.562. The zero-order valence-corrected chi connectivity index (χ0v) is 19.4. The first-order valence-electron chi connectivity index (χ1n) is 11.0. The van der Waals surface area contributed by atoms with Crippen LogP contribution < -0.4 is 4.90 Å². The Balaban J connectivity index is 0.000000317. The number of anilines is 1. The predicted octanol–water partition coefficient (Wildman–Crippen LogP) is 9.40. The molecule has 0 unspecified atom stereocenters. The molecule has 2 aliphatic rings. The van der Waals surface area contributed by atoms with Crippen molar-refractivity contribution in [3.63, 3.8) is 0 Å². The summed E-state index contributed by atoms with van der Waals surface area (Å²) in [4.78, 5) is 2.23. The zero-order chi connectivity index (χ0) is 22.9. The average Bonchev–Trinajstić information content (AvgIpc) is 3.69. The molecule has 0 saturated carbocycles. The molecule has 3 aromatic rings. The van der Waals surface area contributed by atoms with Gasteiger partial charge >= 0.3 is 0 Å². The van der Waals surface area contributed by atoms with Gasteiger partial charge in [-0.1, -0.05) is 98.8 Å². The van der Waals surface area contributed by atoms with E-state index in [2.05, 4.69) is 72.4 Å². The summed E-state index contributed by atoms with van der Waals surface area (Å²) in [6.07, 6.45) is 17.6. The molecule has 164 valence electrons. The van der Waals surface area contributed by atoms with E-state index in [-0.39, 0.29) is 0 Å². The van der Waals surface area contributed by atoms with E-state index < -0.39 is 6.67 Å². The monoisotopic (exact) mass is 445 g/mol. The quantitative estimate of drug-likeness (QED) is 0.285. The van der Waals surface area contributed by atoms with E-state index in [1.54, 1.807) is 12.2 Å². The molecule has 1 aliphatic carbocycles. The number of hydrogen-bond acceptors (Lipinski definition) is 1. The lowest BCUT2D eigenvalue weighted by Gasteiger charge is -2.19. The Labute approximate surface area is 195 Å². The van der Waals surface area contributed by atoms with Crippen molar-refractivity contribution < 1.29 is 4.39 Å². The summed E-state index contributed by atoms with van der Waals surface area (Å²) in [7, 11) is 0. The van der Waals surface area contributed by atoms with Crippen LogP contribution in [0.15, 0.2) is 97.9 Å². The van der Waals surface area contributed by atoms with Gasteiger partial charge in [0.25, 0.3) is 0 Å². The van der Waals surface area contributed by atoms with E-state index in [0.717, 1.165) is 17.9 Å². The summed E-state index contributed by atoms with van der Waals surface area (Å²) in [6, 6.07) is 15.1. The number of rotatable bonds is 4. The fourth-order valence-corrected chi connectivity index (χ4v) is 3.98. The molecular weight excluding hydrogens is 417 g/mol. The fourth-order valence-electron chi connectivity index (χ4n) is 3.80. The molecule has 1 aliphatic heterocycles. The SMILES string of the molecule is C=C/C=C/CF.CC.Clc1ccc2c(ccc3c(N4C=C4)c(C4=CC=CCC4)ccc32)c1. The van der Waals surface area contributed by atoms with Gasteiger partial charge in [0.05, 0.1) is 5.69 Å². The van der Waals surface area contributed by atoms with E-state index in [1.165, 1.54) is 44.4 Å². The predicted molar refractivity (Wildman–Crippen MR) is 141 cm³/mol. The molecule has 1 heterocycles. The Morgan fingerprint density at radius 2 is 1.78 bits per heavy atom. The van der Waals surface area contributed by atoms with E-state index in [1.807, 2.05) is 26.0 Å². The van der Waals surface area contributed by atoms with Crippen LogP contribution in [0.5, 0.6) is 0 Å². The molecule has 0 radical (unpaired) electrons. The fraction of sp³-hybridized carbons (Fsp3) is 0.172. The van der Waals surface area contributed by atoms with Gasteiger partial charge in [0.15, 0.2) is 0 Å². The number of halogens is 2. The topological polar surface area (TPSA) is 3.01 Å². The third kappa shape index (κ3) is 5.38. The van der Waals surface area contributed by atoms with Crippen LogP contribution in [0.2, 0.25) is 5.02 Å². The van der Waals surface area contributed by atoms with E-state index in [9.17, 15) is 4.39 Å². The molecule has 3 heteroatoms. The van der Waals surface area contributed by atoms with Crippen LogP contribution in [0.1, 0.15) is 32.3 Å². The second-order valence-electron chi connectivity index (χ2n) is 7.17. The maximum Gasteiger partial charge on any atom is 0.108 e. The highest BCUT2D eigenvalue weighted by Gasteiger charge is 2.20. The molecule has 0 saturated heterocycles. The van der Waals surface area contributed by atoms with Crippen molar-refractivity contribution in [2.75, 3.05) is 11.6 Å². The van der Waals surface area contributed by atoms with Gasteiger partial charge in [-0.15, -0.1) is 0 Å². The van der Waals surface area contributed by atoms with Gasteiger partial charge < -0.3 is 4.90 Å². The van der Waals surface area contributed by atoms with Gasteiger partial charge in [-0.3, -0.25) is 0 Å². The lowest BCUT2D eigenvalue weighted by Crippen LogP contribution is -1.99. The Kier molecular flexibility index (Phi) is 8.47. The summed E-state index contributed by atoms with van der Waals surface area (Å²) in [5.41, 5.74) is 4.05. The van der Waals surface area contributed by atoms with Crippen LogP contribution in [0.3, 0.4) is 0 Å². The number of benzene rings is 3. The minimum atomic E-state index is -0.397. The van der Waals surface area contributed by atoms with Crippen LogP contribution >= 0.6 is 11.6 Å². The first-order chi connectivity index (χ1) is 15.7. The number of fused-ring (bicyclic) bond motifs is 3. The Hall–Kier alpha value is -3.10. The maximum absolute atomic E-state index is 11.0. The molecule has 0 N–H and O–H groups in total. The molecular formula is C29H29ClFN. The summed E-state index contributed by atoms with van der Waals surface area (Å²) in [5.74, 6) is 0. The minimum absolute atomic E-state index is 0.397. The molecule has 1 nitrogen and oxygen atoms in total. The normalized spacial score (nSPS) is 14.0. The van der Waals surface area contributed by atoms with Crippen molar-refractivity contribution in [2.24, 2.45) is 0 Å². The molecule has 0 amide bonds. The molecule has 0 spiro atoms. The van der Waals surface area contributed by atoms with Gasteiger partial charge in [0, 0.05) is 28.4 Å². The van der Waals surface area contributed by atoms with Crippen molar-refractivity contribution in [1.29, 1.82) is 0 Å². The van der Waals surface area contributed by atoms with E-state index >= 15 is 0 Å². The standard InChI is InChI=1S/C22H16ClN.C5H7F.C2H6/c23-17-7-9-18-16(14-17)6-8-21-20(18)11-10-19(22(21)24-12-13-24)15-4-2-1-3-5-15;1-2-3-4-5-6;1-2/h1-2,4,6-14H,3,5H2;2-4H,1,5H2;1-2H3/b;4-3+;. The van der Waals surface area contributed by atoms with Crippen LogP contribution in [0, 0.1) is 0 Å². The molecule has 0 fully saturated rings. The highest BCUT2D eigenvalue weighted by Crippen LogP contribution is 2.42. The molecule has 0 bridgehead atoms. The van der Waals surface area contributed by atoms with Crippen LogP contribution in [0.4, 0.5) is 10.1 Å². The van der Waals surface area contributed by atoms with E-state index in [4.69, 9.17) is 11.6 Å². The number of nitrogens with zero attached hydrogens (tertiary/aromatic N) is 1. The van der Waals surface area contributed by atoms with Crippen LogP contribution in [-0.2, 0) is 0 Å². The molecule has 0 atom stereocenters. The smallest absolute Gasteiger partial charge is 0.108 e. The largest absolute Gasteiger partial charge is 0.320 e. The average molecular weight is 446 g/mol. The summed E-state index contributed by atoms with van der Waals surface area (Å²) in [6.45, 7) is 6.95. The van der Waals surface area contributed by atoms with Crippen molar-refractivity contribution in [3.8, 4) is 0 Å². The second-order valence-corrected chi connectivity index (χ2v) is 7.61. The molecule has 5 rings (SSSR count). The van der Waals surface area contributed by atoms with Gasteiger partial charge in [0.2, 0.25) is 0 Å². The van der Waals surface area contributed by atoms with Crippen molar-refractivity contribution in [3.05, 3.63) is 108 Å². The lowest BCUT2D eigenvalue weighted by atomic mass is 9.91. The van der Waals surface area contributed by atoms with Crippen molar-refractivity contribution in [2.45, 2.75) is 26.7 Å². The number of alkyl halides is 1. The highest BCUT2D eigenvalue weighted by atomic mass is 35.5. The molecule has 3 aromatic carbocycles. The van der Waals surface area contributed by atoms with Crippen molar-refractivity contribution >= 4 is 44.4 Å². The summed E-state index contributed by atoms with van der Waals surface area (Å²) in [5, 5.41) is 5.80. The molecule has 32 heavy (non-hydrogen) atoms. The van der Waals surface area contributed by atoms with Crippen molar-refractivity contribution in [1.82, 2.24) is 0 Å². The van der Waals surface area contributed by atoms with Gasteiger partial charge in [-0.05, 0) is 46.7 Å². The molecule has 0 aromatic heterocycles. The van der Waals surface area contributed by atoms with E-state index in [0.29, 0.717) is 0 Å². The summed E-state index contributed by atoms with van der Waals surface area (Å²) < 4.78 is 11.0. The van der Waals surface area contributed by atoms with Gasteiger partial charge in [-0.25, -0.2) is 4.39 Å². The van der Waals surface area contributed by atoms with Gasteiger partial charge in [-0.2, -0.15) is 0 Å². The highest BCUT2D eigenvalue weighted by molar-refractivity contribution is 6.31. The third-order valence-corrected chi connectivity index (χ3v) is 5.46. The second kappa shape index (κ2) is 11.5. The zero-order valence-electron chi connectivity index (χ0n) is 18.7. The number of allylic oxidation sites excluding steroid dienone is 7. The minimum Gasteiger partial charge on any atom is -0.320 e. The Morgan fingerprint density at radius 3 is 2.41 bits per heavy atom. The van der Waals surface area contributed by atoms with Crippen LogP contribution in [0.25, 0.3) is 27.1 Å². The van der Waals surface area contributed by atoms with Gasteiger partial charge in [0.1, 0.15) is 6.67 Å². The first-order valence-corrected chi connectivity index (χ1v) is 11.4. The van der Waals surface area contributed by atoms with Crippen LogP contribution in [-0.4, -0.2) is 6.67 Å². The first kappa shape index (κ1) is 23.6. The Morgan fingerprint density at radius 1 is 1.03 bits per heavy atom. The maximum atomic E-state index is 11.0. The Bertz CT molecular complexity index is 1210. The third-order valence-electron chi connectivity index (χ3n) is 5.23.